The van der Waals surface area contributed by atoms with E-state index in [0.717, 1.165) is 64.9 Å². The number of thiophene rings is 1. The first-order valence-corrected chi connectivity index (χ1v) is 14.4. The fraction of sp³-hybridized carbons (Fsp3) is 0. The number of para-hydroxylation sites is 2. The van der Waals surface area contributed by atoms with Crippen LogP contribution < -0.4 is 0 Å². The van der Waals surface area contributed by atoms with Crippen molar-refractivity contribution in [1.29, 1.82) is 0 Å². The third-order valence-electron chi connectivity index (χ3n) is 8.30. The number of aromatic nitrogens is 1. The Morgan fingerprint density at radius 3 is 2.00 bits per heavy atom. The number of halogens is 4. The molecular weight excluding hydrogens is 570 g/mol. The van der Waals surface area contributed by atoms with Gasteiger partial charge in [-0.15, -0.1) is 11.3 Å². The first-order chi connectivity index (χ1) is 21.0. The third kappa shape index (κ3) is 3.28. The maximum atomic E-state index is 15.0. The van der Waals surface area contributed by atoms with Crippen molar-refractivity contribution >= 4 is 75.3 Å². The molecular formula is C36H17F4NOS. The van der Waals surface area contributed by atoms with Crippen LogP contribution in [0.3, 0.4) is 0 Å². The number of hydrogen-bond donors (Lipinski definition) is 0. The summed E-state index contributed by atoms with van der Waals surface area (Å²) in [5, 5.41) is 5.72. The Morgan fingerprint density at radius 1 is 0.512 bits per heavy atom. The summed E-state index contributed by atoms with van der Waals surface area (Å²) < 4.78 is 68.3. The van der Waals surface area contributed by atoms with Crippen LogP contribution in [0.1, 0.15) is 0 Å². The molecule has 0 aliphatic rings. The van der Waals surface area contributed by atoms with Gasteiger partial charge in [-0.25, -0.2) is 17.6 Å². The first kappa shape index (κ1) is 24.5. The van der Waals surface area contributed by atoms with Gasteiger partial charge in [-0.2, -0.15) is 0 Å². The van der Waals surface area contributed by atoms with Crippen molar-refractivity contribution in [1.82, 2.24) is 4.57 Å². The highest BCUT2D eigenvalue weighted by Gasteiger charge is 2.24. The second-order valence-corrected chi connectivity index (χ2v) is 11.6. The van der Waals surface area contributed by atoms with Crippen molar-refractivity contribution in [2.45, 2.75) is 0 Å². The largest absolute Gasteiger partial charge is 0.456 e. The van der Waals surface area contributed by atoms with Gasteiger partial charge in [0.2, 0.25) is 0 Å². The first-order valence-electron chi connectivity index (χ1n) is 13.6. The summed E-state index contributed by atoms with van der Waals surface area (Å²) in [6, 6.07) is 31.5. The Bertz CT molecular complexity index is 2600. The van der Waals surface area contributed by atoms with Crippen molar-refractivity contribution in [2.75, 3.05) is 0 Å². The van der Waals surface area contributed by atoms with Crippen LogP contribution in [0.25, 0.3) is 80.7 Å². The highest BCUT2D eigenvalue weighted by atomic mass is 32.1. The Hall–Kier alpha value is -5.14. The van der Waals surface area contributed by atoms with E-state index in [2.05, 4.69) is 28.8 Å². The lowest BCUT2D eigenvalue weighted by molar-refractivity contribution is 0.458. The second kappa shape index (κ2) is 8.69. The molecule has 0 aliphatic heterocycles. The van der Waals surface area contributed by atoms with E-state index in [1.54, 1.807) is 6.07 Å². The highest BCUT2D eigenvalue weighted by molar-refractivity contribution is 7.26. The average molecular weight is 588 g/mol. The fourth-order valence-corrected chi connectivity index (χ4v) is 7.76. The van der Waals surface area contributed by atoms with Crippen LogP contribution in [0, 0.1) is 23.3 Å². The number of benzene rings is 6. The summed E-state index contributed by atoms with van der Waals surface area (Å²) in [7, 11) is 0. The molecule has 0 saturated carbocycles. The molecule has 0 atom stereocenters. The Labute approximate surface area is 244 Å². The SMILES string of the molecule is Fc1cc(F)c(F)c(-c2cccc3c2sc2c(-n4c5ccccc5c5cc6oc7ccccc7c6cc54)cccc23)c1F. The monoisotopic (exact) mass is 587 g/mol. The third-order valence-corrected chi connectivity index (χ3v) is 9.57. The zero-order chi connectivity index (χ0) is 29.0. The standard InChI is InChI=1S/C36H17F4NOS/c37-25-17-26(38)34(40)32(33(25)39)22-11-5-9-20-21-10-6-13-28(36(21)43-35(20)22)41-27-12-3-1-7-18(27)23-16-31-24(15-29(23)41)19-8-2-4-14-30(19)42-31/h1-17H. The number of hydrogen-bond acceptors (Lipinski definition) is 2. The van der Waals surface area contributed by atoms with E-state index >= 15 is 0 Å². The van der Waals surface area contributed by atoms with Crippen LogP contribution >= 0.6 is 11.3 Å². The van der Waals surface area contributed by atoms with Gasteiger partial charge >= 0.3 is 0 Å². The van der Waals surface area contributed by atoms with E-state index in [4.69, 9.17) is 4.42 Å². The summed E-state index contributed by atoms with van der Waals surface area (Å²) in [5.74, 6) is -5.70. The van der Waals surface area contributed by atoms with Gasteiger partial charge < -0.3 is 8.98 Å². The van der Waals surface area contributed by atoms with E-state index in [1.165, 1.54) is 17.4 Å². The van der Waals surface area contributed by atoms with Crippen molar-refractivity contribution < 1.29 is 22.0 Å². The lowest BCUT2D eigenvalue weighted by Gasteiger charge is -2.09. The Kier molecular flexibility index (Phi) is 4.94. The number of nitrogens with zero attached hydrogens (tertiary/aromatic N) is 1. The molecule has 43 heavy (non-hydrogen) atoms. The van der Waals surface area contributed by atoms with Crippen LogP contribution in [0.15, 0.2) is 108 Å². The topological polar surface area (TPSA) is 18.1 Å². The molecule has 0 spiro atoms. The van der Waals surface area contributed by atoms with Gasteiger partial charge in [0.05, 0.1) is 27.0 Å². The van der Waals surface area contributed by atoms with Crippen LogP contribution in [-0.4, -0.2) is 4.57 Å². The van der Waals surface area contributed by atoms with Gasteiger partial charge in [0.15, 0.2) is 23.3 Å². The molecule has 0 unspecified atom stereocenters. The van der Waals surface area contributed by atoms with Gasteiger partial charge in [-0.05, 0) is 30.3 Å². The second-order valence-electron chi connectivity index (χ2n) is 10.6. The Morgan fingerprint density at radius 2 is 1.19 bits per heavy atom. The minimum absolute atomic E-state index is 0.104. The van der Waals surface area contributed by atoms with Gasteiger partial charge in [-0.3, -0.25) is 0 Å². The number of fused-ring (bicyclic) bond motifs is 9. The van der Waals surface area contributed by atoms with Gasteiger partial charge in [-0.1, -0.05) is 66.7 Å². The molecule has 0 amide bonds. The molecule has 9 aromatic rings. The van der Waals surface area contributed by atoms with Crippen molar-refractivity contribution in [3.05, 3.63) is 126 Å². The van der Waals surface area contributed by atoms with E-state index in [0.29, 0.717) is 4.70 Å². The molecule has 0 bridgehead atoms. The van der Waals surface area contributed by atoms with E-state index in [1.807, 2.05) is 60.7 Å². The number of rotatable bonds is 2. The van der Waals surface area contributed by atoms with Crippen LogP contribution in [0.4, 0.5) is 17.6 Å². The van der Waals surface area contributed by atoms with E-state index < -0.39 is 28.8 Å². The zero-order valence-electron chi connectivity index (χ0n) is 22.1. The van der Waals surface area contributed by atoms with Crippen molar-refractivity contribution in [2.24, 2.45) is 0 Å². The minimum atomic E-state index is -1.43. The molecule has 3 heterocycles. The molecule has 0 aliphatic carbocycles. The average Bonchev–Trinajstić information content (AvgIpc) is 3.69. The summed E-state index contributed by atoms with van der Waals surface area (Å²) in [4.78, 5) is 0. The maximum absolute atomic E-state index is 15.0. The predicted molar refractivity (Wildman–Crippen MR) is 166 cm³/mol. The molecule has 6 aromatic carbocycles. The molecule has 0 N–H and O–H groups in total. The van der Waals surface area contributed by atoms with Crippen molar-refractivity contribution in [3.8, 4) is 16.8 Å². The van der Waals surface area contributed by atoms with Gasteiger partial charge in [0.25, 0.3) is 0 Å². The summed E-state index contributed by atoms with van der Waals surface area (Å²) in [6.45, 7) is 0. The lowest BCUT2D eigenvalue weighted by Crippen LogP contribution is -1.98. The van der Waals surface area contributed by atoms with Gasteiger partial charge in [0.1, 0.15) is 11.2 Å². The summed E-state index contributed by atoms with van der Waals surface area (Å²) in [6.07, 6.45) is 0. The van der Waals surface area contributed by atoms with Crippen LogP contribution in [0.5, 0.6) is 0 Å². The molecule has 0 radical (unpaired) electrons. The smallest absolute Gasteiger partial charge is 0.169 e. The zero-order valence-corrected chi connectivity index (χ0v) is 22.9. The van der Waals surface area contributed by atoms with E-state index in [9.17, 15) is 17.6 Å². The van der Waals surface area contributed by atoms with Crippen molar-refractivity contribution in [3.63, 3.8) is 0 Å². The molecule has 3 aromatic heterocycles. The fourth-order valence-electron chi connectivity index (χ4n) is 6.43. The predicted octanol–water partition coefficient (Wildman–Crippen LogP) is 11.3. The maximum Gasteiger partial charge on any atom is 0.169 e. The van der Waals surface area contributed by atoms with E-state index in [-0.39, 0.29) is 11.6 Å². The minimum Gasteiger partial charge on any atom is -0.456 e. The quantitative estimate of drug-likeness (QED) is 0.145. The molecule has 9 rings (SSSR count). The highest BCUT2D eigenvalue weighted by Crippen LogP contribution is 2.46. The molecule has 0 saturated heterocycles. The lowest BCUT2D eigenvalue weighted by atomic mass is 10.0. The Balaban J connectivity index is 1.40. The molecule has 206 valence electrons. The normalized spacial score (nSPS) is 12.2. The molecule has 2 nitrogen and oxygen atoms in total. The summed E-state index contributed by atoms with van der Waals surface area (Å²) in [5.41, 5.74) is 3.86. The molecule has 0 fully saturated rings. The van der Waals surface area contributed by atoms with Crippen LogP contribution in [0.2, 0.25) is 0 Å². The number of furan rings is 1. The summed E-state index contributed by atoms with van der Waals surface area (Å²) >= 11 is 1.34. The van der Waals surface area contributed by atoms with Gasteiger partial charge in [0, 0.05) is 48.6 Å². The van der Waals surface area contributed by atoms with Crippen LogP contribution in [-0.2, 0) is 0 Å². The molecule has 7 heteroatoms.